The van der Waals surface area contributed by atoms with E-state index in [0.29, 0.717) is 42.7 Å². The van der Waals surface area contributed by atoms with E-state index in [9.17, 15) is 4.79 Å². The van der Waals surface area contributed by atoms with Crippen molar-refractivity contribution in [2.45, 2.75) is 13.0 Å². The molecular weight excluding hydrogens is 413 g/mol. The van der Waals surface area contributed by atoms with Crippen LogP contribution in [-0.4, -0.2) is 11.0 Å². The first kappa shape index (κ1) is 19.0. The number of carbonyl (C=O) groups excluding carboxylic acids is 1. The third-order valence-corrected chi connectivity index (χ3v) is 5.02. The van der Waals surface area contributed by atoms with Crippen molar-refractivity contribution in [2.75, 3.05) is 5.32 Å². The quantitative estimate of drug-likeness (QED) is 0.599. The monoisotopic (exact) mass is 425 g/mol. The van der Waals surface area contributed by atoms with Gasteiger partial charge in [-0.25, -0.2) is 0 Å². The molecule has 1 heterocycles. The molecule has 0 bridgehead atoms. The smallest absolute Gasteiger partial charge is 0.255 e. The molecule has 2 aromatic carbocycles. The van der Waals surface area contributed by atoms with Crippen molar-refractivity contribution in [1.29, 1.82) is 0 Å². The summed E-state index contributed by atoms with van der Waals surface area (Å²) < 4.78 is 0. The van der Waals surface area contributed by atoms with Crippen molar-refractivity contribution >= 4 is 63.7 Å². The molecule has 0 unspecified atom stereocenters. The molecule has 1 atom stereocenters. The predicted molar refractivity (Wildman–Crippen MR) is 111 cm³/mol. The normalized spacial score (nSPS) is 16.8. The Kier molecular flexibility index (Phi) is 5.73. The second kappa shape index (κ2) is 7.84. The minimum Gasteiger partial charge on any atom is -0.351 e. The molecule has 0 saturated carbocycles. The van der Waals surface area contributed by atoms with Gasteiger partial charge in [0.25, 0.3) is 5.91 Å². The minimum absolute atomic E-state index is 0.311. The first-order chi connectivity index (χ1) is 12.4. The number of halogens is 3. The summed E-state index contributed by atoms with van der Waals surface area (Å²) in [5, 5.41) is 10.7. The maximum absolute atomic E-state index is 13.0. The van der Waals surface area contributed by atoms with Gasteiger partial charge < -0.3 is 16.0 Å². The number of hydrogen-bond acceptors (Lipinski definition) is 2. The molecule has 26 heavy (non-hydrogen) atoms. The van der Waals surface area contributed by atoms with E-state index in [-0.39, 0.29) is 5.91 Å². The van der Waals surface area contributed by atoms with Gasteiger partial charge in [0.1, 0.15) is 0 Å². The Morgan fingerprint density at radius 1 is 1.12 bits per heavy atom. The first-order valence-corrected chi connectivity index (χ1v) is 9.20. The Bertz CT molecular complexity index is 930. The fourth-order valence-electron chi connectivity index (χ4n) is 2.72. The van der Waals surface area contributed by atoms with Crippen LogP contribution >= 0.6 is 47.0 Å². The molecule has 0 saturated heterocycles. The van der Waals surface area contributed by atoms with E-state index >= 15 is 0 Å². The van der Waals surface area contributed by atoms with Crippen molar-refractivity contribution in [2.24, 2.45) is 0 Å². The van der Waals surface area contributed by atoms with E-state index in [1.807, 2.05) is 0 Å². The summed E-state index contributed by atoms with van der Waals surface area (Å²) in [6.45, 7) is 1.78. The fraction of sp³-hybridized carbons (Fsp3) is 0.111. The molecule has 2 aromatic rings. The van der Waals surface area contributed by atoms with Gasteiger partial charge in [0, 0.05) is 15.7 Å². The summed E-state index contributed by atoms with van der Waals surface area (Å²) in [7, 11) is 0. The van der Waals surface area contributed by atoms with Crippen LogP contribution < -0.4 is 16.0 Å². The van der Waals surface area contributed by atoms with Gasteiger partial charge in [-0.2, -0.15) is 0 Å². The maximum Gasteiger partial charge on any atom is 0.255 e. The topological polar surface area (TPSA) is 53.2 Å². The number of hydrogen-bond donors (Lipinski definition) is 3. The summed E-state index contributed by atoms with van der Waals surface area (Å²) in [5.74, 6) is -0.311. The van der Waals surface area contributed by atoms with E-state index in [2.05, 4.69) is 16.0 Å². The maximum atomic E-state index is 13.0. The van der Waals surface area contributed by atoms with Crippen molar-refractivity contribution in [3.8, 4) is 0 Å². The van der Waals surface area contributed by atoms with Gasteiger partial charge in [-0.05, 0) is 49.0 Å². The highest BCUT2D eigenvalue weighted by Gasteiger charge is 2.31. The second-order valence-electron chi connectivity index (χ2n) is 5.67. The number of benzene rings is 2. The molecule has 4 nitrogen and oxygen atoms in total. The first-order valence-electron chi connectivity index (χ1n) is 7.66. The van der Waals surface area contributed by atoms with Gasteiger partial charge in [0.05, 0.1) is 22.3 Å². The molecule has 1 aliphatic rings. The van der Waals surface area contributed by atoms with Crippen LogP contribution in [0.1, 0.15) is 18.5 Å². The van der Waals surface area contributed by atoms with Crippen LogP contribution in [-0.2, 0) is 4.79 Å². The Balaban J connectivity index is 2.00. The third kappa shape index (κ3) is 3.96. The number of rotatable bonds is 3. The van der Waals surface area contributed by atoms with E-state index in [1.165, 1.54) is 0 Å². The van der Waals surface area contributed by atoms with Crippen LogP contribution in [0.3, 0.4) is 0 Å². The second-order valence-corrected chi connectivity index (χ2v) is 7.33. The number of para-hydroxylation sites is 1. The molecule has 0 radical (unpaired) electrons. The zero-order valence-corrected chi connectivity index (χ0v) is 16.7. The fourth-order valence-corrected chi connectivity index (χ4v) is 3.69. The van der Waals surface area contributed by atoms with Gasteiger partial charge in [0.15, 0.2) is 5.11 Å². The number of allylic oxidation sites excluding steroid dienone is 1. The third-order valence-electron chi connectivity index (χ3n) is 3.91. The summed E-state index contributed by atoms with van der Waals surface area (Å²) >= 11 is 23.7. The summed E-state index contributed by atoms with van der Waals surface area (Å²) in [6.07, 6.45) is 0. The van der Waals surface area contributed by atoms with Crippen LogP contribution in [0.25, 0.3) is 0 Å². The summed E-state index contributed by atoms with van der Waals surface area (Å²) in [4.78, 5) is 13.0. The Labute approximate surface area is 171 Å². The molecule has 1 amide bonds. The zero-order valence-electron chi connectivity index (χ0n) is 13.6. The van der Waals surface area contributed by atoms with Crippen LogP contribution in [0.2, 0.25) is 15.1 Å². The lowest BCUT2D eigenvalue weighted by Crippen LogP contribution is -2.45. The van der Waals surface area contributed by atoms with E-state index in [4.69, 9.17) is 47.0 Å². The number of thiocarbonyl (C=S) groups is 1. The van der Waals surface area contributed by atoms with E-state index < -0.39 is 6.04 Å². The molecule has 1 aliphatic heterocycles. The lowest BCUT2D eigenvalue weighted by molar-refractivity contribution is -0.113. The van der Waals surface area contributed by atoms with Crippen LogP contribution in [0, 0.1) is 0 Å². The Hall–Kier alpha value is -1.79. The molecule has 8 heteroatoms. The lowest BCUT2D eigenvalue weighted by atomic mass is 9.95. The molecular formula is C18H14Cl3N3OS. The molecule has 0 aliphatic carbocycles. The van der Waals surface area contributed by atoms with Crippen LogP contribution in [0.4, 0.5) is 5.69 Å². The summed E-state index contributed by atoms with van der Waals surface area (Å²) in [5.41, 5.74) is 2.31. The van der Waals surface area contributed by atoms with Gasteiger partial charge in [-0.3, -0.25) is 4.79 Å². The highest BCUT2D eigenvalue weighted by atomic mass is 35.5. The van der Waals surface area contributed by atoms with E-state index in [0.717, 1.165) is 0 Å². The SMILES string of the molecule is CC1=C(C(=O)Nc2ccccc2Cl)[C@@H](c2ccc(Cl)cc2Cl)NC(=S)N1. The molecule has 0 spiro atoms. The average Bonchev–Trinajstić information content (AvgIpc) is 2.56. The molecule has 0 fully saturated rings. The largest absolute Gasteiger partial charge is 0.351 e. The van der Waals surface area contributed by atoms with Gasteiger partial charge in [-0.15, -0.1) is 0 Å². The minimum atomic E-state index is -0.518. The highest BCUT2D eigenvalue weighted by Crippen LogP contribution is 2.34. The Morgan fingerprint density at radius 3 is 2.54 bits per heavy atom. The zero-order chi connectivity index (χ0) is 18.8. The van der Waals surface area contributed by atoms with Gasteiger partial charge in [0.2, 0.25) is 0 Å². The number of nitrogens with one attached hydrogen (secondary N) is 3. The van der Waals surface area contributed by atoms with Crippen molar-refractivity contribution in [1.82, 2.24) is 10.6 Å². The van der Waals surface area contributed by atoms with Crippen LogP contribution in [0.5, 0.6) is 0 Å². The van der Waals surface area contributed by atoms with Crippen molar-refractivity contribution < 1.29 is 4.79 Å². The number of amides is 1. The van der Waals surface area contributed by atoms with Crippen LogP contribution in [0.15, 0.2) is 53.7 Å². The number of anilines is 1. The number of carbonyl (C=O) groups is 1. The van der Waals surface area contributed by atoms with Gasteiger partial charge >= 0.3 is 0 Å². The molecule has 0 aromatic heterocycles. The van der Waals surface area contributed by atoms with Gasteiger partial charge in [-0.1, -0.05) is 53.0 Å². The molecule has 3 N–H and O–H groups in total. The molecule has 134 valence electrons. The van der Waals surface area contributed by atoms with Crippen molar-refractivity contribution in [3.05, 3.63) is 74.4 Å². The predicted octanol–water partition coefficient (Wildman–Crippen LogP) is 5.08. The van der Waals surface area contributed by atoms with Crippen molar-refractivity contribution in [3.63, 3.8) is 0 Å². The summed E-state index contributed by atoms with van der Waals surface area (Å²) in [6, 6.07) is 11.6. The standard InChI is InChI=1S/C18H14Cl3N3OS/c1-9-15(17(25)23-14-5-3-2-4-12(14)20)16(24-18(26)22-9)11-7-6-10(19)8-13(11)21/h2-8,16H,1H3,(H,23,25)(H2,22,24,26)/t16-/m1/s1. The highest BCUT2D eigenvalue weighted by molar-refractivity contribution is 7.80. The van der Waals surface area contributed by atoms with E-state index in [1.54, 1.807) is 49.4 Å². The average molecular weight is 427 g/mol. The molecule has 3 rings (SSSR count). The Morgan fingerprint density at radius 2 is 1.85 bits per heavy atom. The lowest BCUT2D eigenvalue weighted by Gasteiger charge is -2.31.